The van der Waals surface area contributed by atoms with E-state index in [1.54, 1.807) is 15.8 Å². The van der Waals surface area contributed by atoms with Crippen LogP contribution in [0, 0.1) is 0 Å². The molecule has 9 heteroatoms. The first-order chi connectivity index (χ1) is 17.0. The fraction of sp³-hybridized carbons (Fsp3) is 0.500. The number of amides is 2. The fourth-order valence-electron chi connectivity index (χ4n) is 6.46. The Morgan fingerprint density at radius 3 is 2.54 bits per heavy atom. The Balaban J connectivity index is 1.11. The number of nitrogens with zero attached hydrogens (tertiary/aromatic N) is 5. The molecule has 1 aromatic carbocycles. The monoisotopic (exact) mass is 491 g/mol. The normalized spacial score (nSPS) is 28.3. The van der Waals surface area contributed by atoms with Gasteiger partial charge in [0.1, 0.15) is 27.9 Å². The third-order valence-corrected chi connectivity index (χ3v) is 9.55. The molecule has 2 aromatic heterocycles. The number of benzene rings is 1. The Labute approximate surface area is 207 Å². The summed E-state index contributed by atoms with van der Waals surface area (Å²) in [6, 6.07) is 11.2. The number of hydrogen-bond donors (Lipinski definition) is 0. The predicted octanol–water partition coefficient (Wildman–Crippen LogP) is 3.86. The van der Waals surface area contributed by atoms with Gasteiger partial charge in [-0.2, -0.15) is 0 Å². The molecule has 7 rings (SSSR count). The number of anilines is 1. The second kappa shape index (κ2) is 8.06. The molecule has 0 spiro atoms. The molecule has 0 aliphatic carbocycles. The number of carbonyl (C=O) groups excluding carboxylic acids is 1. The number of urea groups is 1. The summed E-state index contributed by atoms with van der Waals surface area (Å²) in [5.74, 6) is 0.844. The van der Waals surface area contributed by atoms with Crippen LogP contribution in [0.3, 0.4) is 0 Å². The van der Waals surface area contributed by atoms with Crippen LogP contribution in [0.1, 0.15) is 38.5 Å². The molecule has 2 bridgehead atoms. The zero-order valence-electron chi connectivity index (χ0n) is 19.8. The molecule has 3 aromatic rings. The highest BCUT2D eigenvalue weighted by Crippen LogP contribution is 2.37. The number of thiophene rings is 1. The molecule has 35 heavy (non-hydrogen) atoms. The van der Waals surface area contributed by atoms with E-state index in [1.807, 2.05) is 35.2 Å². The van der Waals surface area contributed by atoms with Gasteiger partial charge < -0.3 is 14.5 Å². The molecular formula is C26H29N5O3S. The first-order valence-corrected chi connectivity index (χ1v) is 13.4. The summed E-state index contributed by atoms with van der Waals surface area (Å²) >= 11 is 1.36. The standard InChI is InChI=1S/C26H29N5O3S/c1-28-17-4-5-18(28)12-21(11-17)34-20-8-6-16(7-9-20)31-15-27-22-13-23(35-24(22)25(31)32)30-14-19-3-2-10-29(19)26(30)33/h6-9,13,15,17-19,21H,2-5,10-12,14H2,1H3/t17-,18+,19-,21?/m1/s1. The number of rotatable bonds is 4. The maximum absolute atomic E-state index is 13.3. The van der Waals surface area contributed by atoms with Gasteiger partial charge in [-0.05, 0) is 75.9 Å². The first kappa shape index (κ1) is 21.4. The van der Waals surface area contributed by atoms with Gasteiger partial charge >= 0.3 is 6.03 Å². The molecule has 0 radical (unpaired) electrons. The Morgan fingerprint density at radius 1 is 1.03 bits per heavy atom. The molecule has 4 saturated heterocycles. The summed E-state index contributed by atoms with van der Waals surface area (Å²) in [5.41, 5.74) is 1.29. The van der Waals surface area contributed by atoms with Crippen molar-refractivity contribution in [2.24, 2.45) is 0 Å². The largest absolute Gasteiger partial charge is 0.490 e. The molecule has 6 heterocycles. The summed E-state index contributed by atoms with van der Waals surface area (Å²) in [5, 5.41) is 0.803. The minimum Gasteiger partial charge on any atom is -0.490 e. The number of piperidine rings is 1. The van der Waals surface area contributed by atoms with E-state index in [1.165, 1.54) is 24.2 Å². The van der Waals surface area contributed by atoms with Crippen molar-refractivity contribution in [3.63, 3.8) is 0 Å². The van der Waals surface area contributed by atoms with Gasteiger partial charge in [-0.15, -0.1) is 11.3 Å². The number of aromatic nitrogens is 2. The molecule has 8 nitrogen and oxygen atoms in total. The average Bonchev–Trinajstić information content (AvgIpc) is 3.60. The molecule has 4 fully saturated rings. The summed E-state index contributed by atoms with van der Waals surface area (Å²) in [7, 11) is 2.23. The zero-order valence-corrected chi connectivity index (χ0v) is 20.6. The van der Waals surface area contributed by atoms with Crippen LogP contribution >= 0.6 is 11.3 Å². The molecule has 182 valence electrons. The van der Waals surface area contributed by atoms with Crippen LogP contribution in [0.4, 0.5) is 9.80 Å². The molecular weight excluding hydrogens is 462 g/mol. The molecule has 2 amide bonds. The van der Waals surface area contributed by atoms with Crippen LogP contribution in [0.5, 0.6) is 5.75 Å². The van der Waals surface area contributed by atoms with Gasteiger partial charge in [-0.25, -0.2) is 9.78 Å². The van der Waals surface area contributed by atoms with E-state index < -0.39 is 0 Å². The average molecular weight is 492 g/mol. The third kappa shape index (κ3) is 3.47. The number of ether oxygens (including phenoxy) is 1. The zero-order chi connectivity index (χ0) is 23.7. The second-order valence-electron chi connectivity index (χ2n) is 10.4. The van der Waals surface area contributed by atoms with Crippen molar-refractivity contribution in [2.75, 3.05) is 25.0 Å². The van der Waals surface area contributed by atoms with Crippen molar-refractivity contribution >= 4 is 32.6 Å². The lowest BCUT2D eigenvalue weighted by atomic mass is 10.0. The molecule has 4 atom stereocenters. The van der Waals surface area contributed by atoms with Crippen molar-refractivity contribution < 1.29 is 9.53 Å². The van der Waals surface area contributed by atoms with E-state index in [-0.39, 0.29) is 17.7 Å². The Morgan fingerprint density at radius 2 is 1.80 bits per heavy atom. The van der Waals surface area contributed by atoms with E-state index in [9.17, 15) is 9.59 Å². The van der Waals surface area contributed by atoms with Crippen LogP contribution in [0.15, 0.2) is 41.5 Å². The van der Waals surface area contributed by atoms with Crippen LogP contribution in [-0.4, -0.2) is 69.7 Å². The van der Waals surface area contributed by atoms with Crippen molar-refractivity contribution in [3.05, 3.63) is 47.0 Å². The van der Waals surface area contributed by atoms with Gasteiger partial charge in [0.15, 0.2) is 0 Å². The number of carbonyl (C=O) groups is 1. The quantitative estimate of drug-likeness (QED) is 0.554. The Kier molecular flexibility index (Phi) is 4.92. The number of hydrogen-bond acceptors (Lipinski definition) is 6. The summed E-state index contributed by atoms with van der Waals surface area (Å²) in [6.45, 7) is 1.52. The summed E-state index contributed by atoms with van der Waals surface area (Å²) in [4.78, 5) is 37.0. The van der Waals surface area contributed by atoms with E-state index in [2.05, 4.69) is 16.9 Å². The lowest BCUT2D eigenvalue weighted by Gasteiger charge is -2.36. The highest BCUT2D eigenvalue weighted by atomic mass is 32.1. The SMILES string of the molecule is CN1[C@@H]2CC[C@H]1CC(Oc1ccc(-n3cnc4cc(N5C[C@H]6CCCN6C5=O)sc4c3=O)cc1)C2. The number of fused-ring (bicyclic) bond motifs is 4. The smallest absolute Gasteiger partial charge is 0.325 e. The molecule has 1 unspecified atom stereocenters. The fourth-order valence-corrected chi connectivity index (χ4v) is 7.50. The summed E-state index contributed by atoms with van der Waals surface area (Å²) < 4.78 is 8.46. The Hall–Kier alpha value is -2.91. The van der Waals surface area contributed by atoms with Crippen LogP contribution in [-0.2, 0) is 0 Å². The maximum atomic E-state index is 13.3. The molecule has 0 N–H and O–H groups in total. The van der Waals surface area contributed by atoms with Gasteiger partial charge in [-0.1, -0.05) is 0 Å². The Bertz CT molecular complexity index is 1340. The molecule has 4 aliphatic rings. The minimum atomic E-state index is -0.112. The van der Waals surface area contributed by atoms with Gasteiger partial charge in [0.25, 0.3) is 5.56 Å². The molecule has 0 saturated carbocycles. The summed E-state index contributed by atoms with van der Waals surface area (Å²) in [6.07, 6.45) is 8.66. The predicted molar refractivity (Wildman–Crippen MR) is 136 cm³/mol. The van der Waals surface area contributed by atoms with Crippen molar-refractivity contribution in [2.45, 2.75) is 62.8 Å². The third-order valence-electron chi connectivity index (χ3n) is 8.41. The maximum Gasteiger partial charge on any atom is 0.325 e. The highest BCUT2D eigenvalue weighted by Gasteiger charge is 2.41. The molecule has 4 aliphatic heterocycles. The van der Waals surface area contributed by atoms with E-state index in [4.69, 9.17) is 4.74 Å². The first-order valence-electron chi connectivity index (χ1n) is 12.6. The van der Waals surface area contributed by atoms with Gasteiger partial charge in [0.2, 0.25) is 0 Å². The lowest BCUT2D eigenvalue weighted by Crippen LogP contribution is -2.43. The van der Waals surface area contributed by atoms with Crippen LogP contribution in [0.25, 0.3) is 15.9 Å². The van der Waals surface area contributed by atoms with Gasteiger partial charge in [0.05, 0.1) is 17.2 Å². The van der Waals surface area contributed by atoms with E-state index >= 15 is 0 Å². The van der Waals surface area contributed by atoms with E-state index in [0.29, 0.717) is 34.9 Å². The van der Waals surface area contributed by atoms with Crippen molar-refractivity contribution in [1.29, 1.82) is 0 Å². The minimum absolute atomic E-state index is 0.0487. The van der Waals surface area contributed by atoms with Crippen LogP contribution < -0.4 is 15.2 Å². The highest BCUT2D eigenvalue weighted by molar-refractivity contribution is 7.22. The van der Waals surface area contributed by atoms with Crippen LogP contribution in [0.2, 0.25) is 0 Å². The van der Waals surface area contributed by atoms with Crippen molar-refractivity contribution in [1.82, 2.24) is 19.4 Å². The van der Waals surface area contributed by atoms with Gasteiger partial charge in [0, 0.05) is 25.2 Å². The second-order valence-corrected chi connectivity index (χ2v) is 11.4. The van der Waals surface area contributed by atoms with E-state index in [0.717, 1.165) is 48.7 Å². The van der Waals surface area contributed by atoms with Gasteiger partial charge in [-0.3, -0.25) is 14.3 Å². The topological polar surface area (TPSA) is 70.9 Å². The van der Waals surface area contributed by atoms with Crippen molar-refractivity contribution in [3.8, 4) is 11.4 Å². The lowest BCUT2D eigenvalue weighted by molar-refractivity contribution is 0.0662.